The van der Waals surface area contributed by atoms with E-state index in [2.05, 4.69) is 241 Å². The van der Waals surface area contributed by atoms with Gasteiger partial charge in [-0.2, -0.15) is 70.4 Å². The second-order valence-electron chi connectivity index (χ2n) is 44.3. The van der Waals surface area contributed by atoms with Crippen LogP contribution in [-0.2, 0) is 0 Å². The second-order valence-corrected chi connectivity index (χ2v) is 44.3. The maximum Gasteiger partial charge on any atom is 0.275 e. The fourth-order valence-corrected chi connectivity index (χ4v) is 23.1. The number of aromatic nitrogens is 6. The lowest BCUT2D eigenvalue weighted by Crippen LogP contribution is -2.68. The van der Waals surface area contributed by atoms with Gasteiger partial charge in [-0.05, 0) is 324 Å². The highest BCUT2D eigenvalue weighted by atomic mass is 16.5. The fraction of sp³-hybridized carbons (Fsp3) is 0.923. The number of piperidine rings is 8. The predicted octanol–water partition coefficient (Wildman–Crippen LogP) is 15.0. The molecule has 8 aliphatic rings. The average molecular weight is 1490 g/mol. The minimum absolute atomic E-state index is 0.0186. The van der Waals surface area contributed by atoms with Gasteiger partial charge in [-0.3, -0.25) is 0 Å². The largest absolute Gasteiger partial charge is 0.334 e. The van der Waals surface area contributed by atoms with Crippen LogP contribution in [0.4, 0.5) is 35.7 Å². The van der Waals surface area contributed by atoms with Crippen LogP contribution in [0, 0.1) is 0 Å². The Kier molecular flexibility index (Phi) is 21.5. The van der Waals surface area contributed by atoms with Crippen molar-refractivity contribution in [3.63, 3.8) is 0 Å². The number of rotatable bonds is 14. The van der Waals surface area contributed by atoms with Crippen molar-refractivity contribution in [2.45, 2.75) is 461 Å². The number of azo groups is 1. The zero-order valence-corrected chi connectivity index (χ0v) is 71.5. The summed E-state index contributed by atoms with van der Waals surface area (Å²) < 4.78 is 0. The van der Waals surface area contributed by atoms with Gasteiger partial charge in [0.05, 0.1) is 0 Å². The Morgan fingerprint density at radius 3 is 0.387 bits per heavy atom. The lowest BCUT2D eigenvalue weighted by molar-refractivity contribution is -0.251. The highest BCUT2D eigenvalue weighted by Gasteiger charge is 2.59. The van der Waals surface area contributed by atoms with Crippen LogP contribution in [0.5, 0.6) is 0 Å². The number of anilines is 4. The van der Waals surface area contributed by atoms with E-state index in [4.69, 9.17) is 40.1 Å². The molecule has 2 aromatic rings. The molecule has 0 atom stereocenters. The van der Waals surface area contributed by atoms with Crippen LogP contribution >= 0.6 is 0 Å². The zero-order chi connectivity index (χ0) is 80.0. The van der Waals surface area contributed by atoms with Gasteiger partial charge in [0.25, 0.3) is 11.9 Å². The summed E-state index contributed by atoms with van der Waals surface area (Å²) in [6.07, 6.45) is 8.25. The summed E-state index contributed by atoms with van der Waals surface area (Å²) in [6, 6.07) is -2.22. The molecule has 8 saturated heterocycles. The zero-order valence-electron chi connectivity index (χ0n) is 71.5. The Morgan fingerprint density at radius 2 is 0.292 bits per heavy atom. The van der Waals surface area contributed by atoms with Gasteiger partial charge in [0.2, 0.25) is 23.8 Å². The molecular weight excluding hydrogens is 1340 g/mol. The van der Waals surface area contributed by atoms with Crippen LogP contribution in [0.25, 0.3) is 0 Å². The molecule has 0 saturated carbocycles. The smallest absolute Gasteiger partial charge is 0.275 e. The molecule has 28 nitrogen and oxygen atoms in total. The van der Waals surface area contributed by atoms with Crippen LogP contribution in [0.2, 0.25) is 0 Å². The van der Waals surface area contributed by atoms with Crippen molar-refractivity contribution in [3.05, 3.63) is 0 Å². The molecule has 0 spiro atoms. The fourth-order valence-electron chi connectivity index (χ4n) is 23.1. The normalized spacial score (nSPS) is 29.8. The van der Waals surface area contributed by atoms with Crippen LogP contribution in [0.1, 0.15) is 324 Å². The average Bonchev–Trinajstić information content (AvgIpc) is 0.743. The van der Waals surface area contributed by atoms with Gasteiger partial charge in [-0.1, -0.05) is 0 Å². The van der Waals surface area contributed by atoms with Gasteiger partial charge in [-0.15, -0.1) is 10.2 Å². The van der Waals surface area contributed by atoms with Crippen molar-refractivity contribution in [3.8, 4) is 0 Å². The van der Waals surface area contributed by atoms with Crippen molar-refractivity contribution in [1.29, 1.82) is 0 Å². The summed E-state index contributed by atoms with van der Waals surface area (Å²) in [5.74, 6) is 1.36. The molecule has 8 fully saturated rings. The van der Waals surface area contributed by atoms with E-state index in [-0.39, 0.29) is 60.2 Å². The summed E-state index contributed by atoms with van der Waals surface area (Å²) in [5, 5.41) is 119. The van der Waals surface area contributed by atoms with Crippen LogP contribution in [-0.4, -0.2) is 249 Å². The minimum atomic E-state index is -0.721. The third-order valence-corrected chi connectivity index (χ3v) is 26.4. The van der Waals surface area contributed by atoms with E-state index >= 15 is 0 Å². The van der Waals surface area contributed by atoms with E-state index in [1.54, 1.807) is 0 Å². The van der Waals surface area contributed by atoms with Crippen molar-refractivity contribution >= 4 is 35.7 Å². The van der Waals surface area contributed by atoms with Gasteiger partial charge in [0, 0.05) is 137 Å². The van der Waals surface area contributed by atoms with E-state index in [0.717, 1.165) is 0 Å². The minimum Gasteiger partial charge on any atom is -0.334 e. The van der Waals surface area contributed by atoms with Gasteiger partial charge in [0.15, 0.2) is 0 Å². The highest BCUT2D eigenvalue weighted by molar-refractivity contribution is 5.51. The monoisotopic (exact) mass is 1490 g/mol. The summed E-state index contributed by atoms with van der Waals surface area (Å²) in [4.78, 5) is 43.3. The molecule has 0 bridgehead atoms. The molecule has 604 valence electrons. The first-order valence-corrected chi connectivity index (χ1v) is 39.7. The van der Waals surface area contributed by atoms with Crippen molar-refractivity contribution in [1.82, 2.24) is 70.4 Å². The Bertz CT molecular complexity index is 2800. The topological polar surface area (TPSA) is 303 Å². The third-order valence-electron chi connectivity index (χ3n) is 26.4. The lowest BCUT2D eigenvalue weighted by Gasteiger charge is -2.59. The van der Waals surface area contributed by atoms with E-state index in [1.165, 1.54) is 40.5 Å². The molecule has 10 rings (SSSR count). The first-order valence-electron chi connectivity index (χ1n) is 39.7. The molecule has 0 unspecified atom stereocenters. The van der Waals surface area contributed by atoms with E-state index in [9.17, 15) is 41.7 Å². The molecule has 8 N–H and O–H groups in total. The maximum atomic E-state index is 12.1. The van der Waals surface area contributed by atoms with Crippen LogP contribution in [0.15, 0.2) is 10.2 Å². The maximum absolute atomic E-state index is 12.1. The molecule has 0 aromatic carbocycles. The highest BCUT2D eigenvalue weighted by Crippen LogP contribution is 2.53. The number of hydrogen-bond donors (Lipinski definition) is 8. The van der Waals surface area contributed by atoms with E-state index < -0.39 is 88.6 Å². The van der Waals surface area contributed by atoms with Gasteiger partial charge >= 0.3 is 0 Å². The summed E-state index contributed by atoms with van der Waals surface area (Å²) in [7, 11) is 0. The first kappa shape index (κ1) is 84.6. The molecular formula is C78H144N20O8. The van der Waals surface area contributed by atoms with Crippen LogP contribution < -0.4 is 19.6 Å². The number of nitrogens with zero attached hydrogens (tertiary/aromatic N) is 20. The number of hydrogen-bond acceptors (Lipinski definition) is 28. The molecule has 106 heavy (non-hydrogen) atoms. The molecule has 0 amide bonds. The van der Waals surface area contributed by atoms with E-state index in [1.807, 2.05) is 0 Å². The Morgan fingerprint density at radius 1 is 0.198 bits per heavy atom. The second kappa shape index (κ2) is 26.9. The Balaban J connectivity index is 1.30. The quantitative estimate of drug-likeness (QED) is 0.0815. The first-order chi connectivity index (χ1) is 47.6. The molecule has 0 radical (unpaired) electrons. The molecule has 28 heteroatoms. The molecule has 0 aliphatic carbocycles. The number of hydroxylamine groups is 16. The standard InChI is InChI=1S/C78H144N20O8/c1-63(2)33-49(34-64(3,4)91(63)99)87(50-35-65(5,6)92(100)66(7,8)36-50)59-79-57(80-60(83-59)88(51-37-67(9,10)93(101)68(11,12)38-51)52-39-69(13,14)94(102)70(15,16)40-52)85-86-58-81-61(89(53-41-71(17,18)95(103)72(19,20)42-53)54-43-73(21,22)96(104)74(23,24)44-54)84-62(82-58)90(55-45-75(25,26)97(105)76(27,28)46-55)56-47-77(29,30)98(106)78(31,32)48-56/h49-56,99-106H,33-48H2,1-32H3. The van der Waals surface area contributed by atoms with Crippen molar-refractivity contribution in [2.75, 3.05) is 19.6 Å². The summed E-state index contributed by atoms with van der Waals surface area (Å²) >= 11 is 0. The Labute approximate surface area is 636 Å². The Hall–Kier alpha value is -3.82. The van der Waals surface area contributed by atoms with Gasteiger partial charge in [0.1, 0.15) is 0 Å². The third kappa shape index (κ3) is 15.9. The van der Waals surface area contributed by atoms with Crippen molar-refractivity contribution < 1.29 is 41.7 Å². The van der Waals surface area contributed by atoms with Crippen molar-refractivity contribution in [2.24, 2.45) is 10.2 Å². The molecule has 2 aromatic heterocycles. The van der Waals surface area contributed by atoms with E-state index in [0.29, 0.717) is 127 Å². The van der Waals surface area contributed by atoms with Gasteiger partial charge in [-0.25, -0.2) is 0 Å². The summed E-state index contributed by atoms with van der Waals surface area (Å²) in [6.45, 7) is 66.2. The molecule has 10 heterocycles. The molecule has 8 aliphatic heterocycles. The summed E-state index contributed by atoms with van der Waals surface area (Å²) in [5.41, 5.74) is -11.5. The SMILES string of the molecule is CC1(C)CC(N(c2nc(N=Nc3nc(N(C4CC(C)(C)N(O)C(C)(C)C4)C4CC(C)(C)N(O)C(C)(C)C4)nc(N(C4CC(C)(C)N(O)C(C)(C)C4)C4CC(C)(C)N(O)C(C)(C)C4)n3)nc(N(C3CC(C)(C)N(O)C(C)(C)C3)C3CC(C)(C)N(O)C(C)(C)C3)n2)C2CC(C)(C)N(O)C(C)(C)C2)CC(C)(C)N1O. The van der Waals surface area contributed by atoms with Gasteiger partial charge < -0.3 is 61.3 Å². The van der Waals surface area contributed by atoms with Crippen LogP contribution in [0.3, 0.4) is 0 Å². The predicted molar refractivity (Wildman–Crippen MR) is 412 cm³/mol. The lowest BCUT2D eigenvalue weighted by atomic mass is 9.74.